The van der Waals surface area contributed by atoms with Gasteiger partial charge in [0.05, 0.1) is 6.61 Å². The van der Waals surface area contributed by atoms with Crippen molar-refractivity contribution in [1.82, 2.24) is 4.98 Å². The summed E-state index contributed by atoms with van der Waals surface area (Å²) < 4.78 is 4.99. The van der Waals surface area contributed by atoms with Gasteiger partial charge in [-0.15, -0.1) is 0 Å². The fourth-order valence-corrected chi connectivity index (χ4v) is 2.01. The molecule has 0 aliphatic rings. The lowest BCUT2D eigenvalue weighted by Gasteiger charge is -2.08. The first kappa shape index (κ1) is 12.7. The Hall–Kier alpha value is -1.77. The van der Waals surface area contributed by atoms with E-state index in [9.17, 15) is 4.79 Å². The highest BCUT2D eigenvalue weighted by Crippen LogP contribution is 2.24. The number of rotatable bonds is 4. The van der Waals surface area contributed by atoms with Crippen LogP contribution in [0.25, 0.3) is 10.9 Å². The van der Waals surface area contributed by atoms with E-state index in [4.69, 9.17) is 4.74 Å². The summed E-state index contributed by atoms with van der Waals surface area (Å²) in [4.78, 5) is 14.7. The molecule has 0 fully saturated rings. The monoisotopic (exact) mass is 245 g/mol. The summed E-state index contributed by atoms with van der Waals surface area (Å²) in [5.41, 5.74) is 2.80. The number of carbonyl (C=O) groups is 1. The summed E-state index contributed by atoms with van der Waals surface area (Å²) >= 11 is 0. The van der Waals surface area contributed by atoms with Gasteiger partial charge < -0.3 is 9.72 Å². The van der Waals surface area contributed by atoms with Crippen LogP contribution < -0.4 is 0 Å². The third-order valence-corrected chi connectivity index (χ3v) is 3.32. The Morgan fingerprint density at radius 2 is 2.11 bits per heavy atom. The topological polar surface area (TPSA) is 42.1 Å². The number of hydrogen-bond acceptors (Lipinski definition) is 2. The van der Waals surface area contributed by atoms with Crippen molar-refractivity contribution in [1.29, 1.82) is 0 Å². The van der Waals surface area contributed by atoms with Crippen LogP contribution in [0, 0.1) is 0 Å². The van der Waals surface area contributed by atoms with Gasteiger partial charge in [-0.05, 0) is 43.0 Å². The molecule has 3 heteroatoms. The SMILES string of the molecule is CCOC(=O)c1cc2cc([C@H](C)CC)ccc2[nH]1. The summed E-state index contributed by atoms with van der Waals surface area (Å²) in [5.74, 6) is 0.245. The molecule has 0 unspecified atom stereocenters. The van der Waals surface area contributed by atoms with Crippen LogP contribution in [0.1, 0.15) is 49.2 Å². The van der Waals surface area contributed by atoms with E-state index in [1.165, 1.54) is 5.56 Å². The Kier molecular flexibility index (Phi) is 3.70. The van der Waals surface area contributed by atoms with E-state index in [2.05, 4.69) is 31.0 Å². The Labute approximate surface area is 107 Å². The molecule has 0 saturated carbocycles. The molecule has 0 aliphatic heterocycles. The third-order valence-electron chi connectivity index (χ3n) is 3.32. The molecule has 0 aliphatic carbocycles. The number of ether oxygens (including phenoxy) is 1. The molecular weight excluding hydrogens is 226 g/mol. The predicted molar refractivity (Wildman–Crippen MR) is 73.0 cm³/mol. The number of hydrogen-bond donors (Lipinski definition) is 1. The smallest absolute Gasteiger partial charge is 0.354 e. The highest BCUT2D eigenvalue weighted by molar-refractivity contribution is 5.95. The molecule has 0 bridgehead atoms. The molecule has 2 rings (SSSR count). The average molecular weight is 245 g/mol. The van der Waals surface area contributed by atoms with E-state index in [0.717, 1.165) is 17.3 Å². The number of nitrogens with one attached hydrogen (secondary N) is 1. The summed E-state index contributed by atoms with van der Waals surface area (Å²) in [6, 6.07) is 8.14. The van der Waals surface area contributed by atoms with Crippen molar-refractivity contribution in [3.63, 3.8) is 0 Å². The van der Waals surface area contributed by atoms with Gasteiger partial charge in [-0.25, -0.2) is 4.79 Å². The maximum Gasteiger partial charge on any atom is 0.354 e. The largest absolute Gasteiger partial charge is 0.461 e. The first-order chi connectivity index (χ1) is 8.65. The normalized spacial score (nSPS) is 12.6. The highest BCUT2D eigenvalue weighted by atomic mass is 16.5. The lowest BCUT2D eigenvalue weighted by Crippen LogP contribution is -2.04. The highest BCUT2D eigenvalue weighted by Gasteiger charge is 2.11. The lowest BCUT2D eigenvalue weighted by atomic mass is 9.98. The van der Waals surface area contributed by atoms with Crippen LogP contribution in [0.15, 0.2) is 24.3 Å². The van der Waals surface area contributed by atoms with E-state index in [-0.39, 0.29) is 5.97 Å². The molecule has 1 heterocycles. The van der Waals surface area contributed by atoms with Crippen molar-refractivity contribution in [2.75, 3.05) is 6.61 Å². The number of esters is 1. The zero-order valence-corrected chi connectivity index (χ0v) is 11.1. The van der Waals surface area contributed by atoms with E-state index in [1.807, 2.05) is 19.1 Å². The predicted octanol–water partition coefficient (Wildman–Crippen LogP) is 3.86. The van der Waals surface area contributed by atoms with Crippen molar-refractivity contribution in [2.24, 2.45) is 0 Å². The quantitative estimate of drug-likeness (QED) is 0.831. The average Bonchev–Trinajstić information content (AvgIpc) is 2.80. The Morgan fingerprint density at radius 3 is 2.78 bits per heavy atom. The minimum atomic E-state index is -0.293. The van der Waals surface area contributed by atoms with Gasteiger partial charge in [-0.2, -0.15) is 0 Å². The van der Waals surface area contributed by atoms with Crippen molar-refractivity contribution >= 4 is 16.9 Å². The number of aromatic amines is 1. The van der Waals surface area contributed by atoms with Gasteiger partial charge in [0.25, 0.3) is 0 Å². The van der Waals surface area contributed by atoms with Gasteiger partial charge in [0.2, 0.25) is 0 Å². The number of benzene rings is 1. The number of aromatic nitrogens is 1. The zero-order chi connectivity index (χ0) is 13.1. The van der Waals surface area contributed by atoms with E-state index >= 15 is 0 Å². The van der Waals surface area contributed by atoms with Gasteiger partial charge in [0.15, 0.2) is 0 Å². The Balaban J connectivity index is 2.36. The summed E-state index contributed by atoms with van der Waals surface area (Å²) in [6.45, 7) is 6.59. The van der Waals surface area contributed by atoms with Crippen molar-refractivity contribution in [3.8, 4) is 0 Å². The van der Waals surface area contributed by atoms with Gasteiger partial charge in [-0.1, -0.05) is 19.9 Å². The van der Waals surface area contributed by atoms with Crippen LogP contribution in [0.2, 0.25) is 0 Å². The molecule has 0 amide bonds. The molecule has 3 nitrogen and oxygen atoms in total. The first-order valence-corrected chi connectivity index (χ1v) is 6.45. The van der Waals surface area contributed by atoms with Crippen LogP contribution in [-0.4, -0.2) is 17.6 Å². The van der Waals surface area contributed by atoms with Gasteiger partial charge in [-0.3, -0.25) is 0 Å². The van der Waals surface area contributed by atoms with Gasteiger partial charge in [0, 0.05) is 10.9 Å². The van der Waals surface area contributed by atoms with Gasteiger partial charge >= 0.3 is 5.97 Å². The standard InChI is InChI=1S/C15H19NO2/c1-4-10(3)11-6-7-13-12(8-11)9-14(16-13)15(17)18-5-2/h6-10,16H,4-5H2,1-3H3/t10-/m1/s1. The first-order valence-electron chi connectivity index (χ1n) is 6.45. The second-order valence-corrected chi connectivity index (χ2v) is 4.56. The van der Waals surface area contributed by atoms with E-state index in [0.29, 0.717) is 18.2 Å². The maximum absolute atomic E-state index is 11.6. The fourth-order valence-electron chi connectivity index (χ4n) is 2.01. The number of carbonyl (C=O) groups excluding carboxylic acids is 1. The molecular formula is C15H19NO2. The third kappa shape index (κ3) is 2.40. The number of H-pyrrole nitrogens is 1. The van der Waals surface area contributed by atoms with Crippen LogP contribution in [0.3, 0.4) is 0 Å². The van der Waals surface area contributed by atoms with Crippen LogP contribution in [-0.2, 0) is 4.74 Å². The van der Waals surface area contributed by atoms with Crippen LogP contribution >= 0.6 is 0 Å². The molecule has 1 N–H and O–H groups in total. The van der Waals surface area contributed by atoms with E-state index in [1.54, 1.807) is 0 Å². The minimum Gasteiger partial charge on any atom is -0.461 e. The Bertz CT molecular complexity index is 557. The fraction of sp³-hybridized carbons (Fsp3) is 0.400. The van der Waals surface area contributed by atoms with Gasteiger partial charge in [0.1, 0.15) is 5.69 Å². The van der Waals surface area contributed by atoms with Crippen molar-refractivity contribution < 1.29 is 9.53 Å². The maximum atomic E-state index is 11.6. The zero-order valence-electron chi connectivity index (χ0n) is 11.1. The molecule has 0 radical (unpaired) electrons. The van der Waals surface area contributed by atoms with Crippen LogP contribution in [0.4, 0.5) is 0 Å². The second-order valence-electron chi connectivity index (χ2n) is 4.56. The molecule has 1 atom stereocenters. The van der Waals surface area contributed by atoms with Crippen molar-refractivity contribution in [2.45, 2.75) is 33.1 Å². The van der Waals surface area contributed by atoms with Crippen LogP contribution in [0.5, 0.6) is 0 Å². The van der Waals surface area contributed by atoms with E-state index < -0.39 is 0 Å². The molecule has 1 aromatic carbocycles. The summed E-state index contributed by atoms with van der Waals surface area (Å²) in [5, 5.41) is 1.07. The summed E-state index contributed by atoms with van der Waals surface area (Å²) in [6.07, 6.45) is 1.11. The second kappa shape index (κ2) is 5.25. The molecule has 96 valence electrons. The minimum absolute atomic E-state index is 0.293. The molecule has 1 aromatic heterocycles. The van der Waals surface area contributed by atoms with Crippen molar-refractivity contribution in [3.05, 3.63) is 35.5 Å². The molecule has 0 spiro atoms. The lowest BCUT2D eigenvalue weighted by molar-refractivity contribution is 0.0520. The summed E-state index contributed by atoms with van der Waals surface area (Å²) in [7, 11) is 0. The number of fused-ring (bicyclic) bond motifs is 1. The molecule has 18 heavy (non-hydrogen) atoms. The molecule has 0 saturated heterocycles. The molecule has 2 aromatic rings. The Morgan fingerprint density at radius 1 is 1.33 bits per heavy atom.